The van der Waals surface area contributed by atoms with Crippen LogP contribution >= 0.6 is 0 Å². The highest BCUT2D eigenvalue weighted by Crippen LogP contribution is 2.30. The van der Waals surface area contributed by atoms with Crippen LogP contribution < -0.4 is 9.47 Å². The third-order valence-electron chi connectivity index (χ3n) is 2.78. The summed E-state index contributed by atoms with van der Waals surface area (Å²) >= 11 is 0. The fourth-order valence-electron chi connectivity index (χ4n) is 1.58. The van der Waals surface area contributed by atoms with Gasteiger partial charge in [0.2, 0.25) is 0 Å². The van der Waals surface area contributed by atoms with E-state index in [2.05, 4.69) is 20.8 Å². The summed E-state index contributed by atoms with van der Waals surface area (Å²) < 4.78 is 11.0. The van der Waals surface area contributed by atoms with Crippen LogP contribution in [0.5, 0.6) is 11.5 Å². The lowest BCUT2D eigenvalue weighted by Crippen LogP contribution is -2.12. The number of rotatable bonds is 5. The minimum absolute atomic E-state index is 0.240. The lowest BCUT2D eigenvalue weighted by Gasteiger charge is -2.20. The molecule has 0 saturated heterocycles. The van der Waals surface area contributed by atoms with Crippen molar-refractivity contribution in [2.75, 3.05) is 13.7 Å². The van der Waals surface area contributed by atoms with Crippen LogP contribution in [0.2, 0.25) is 0 Å². The van der Waals surface area contributed by atoms with E-state index in [1.165, 1.54) is 0 Å². The van der Waals surface area contributed by atoms with Crippen molar-refractivity contribution in [2.24, 2.45) is 5.41 Å². The first-order chi connectivity index (χ1) is 8.33. The maximum Gasteiger partial charge on any atom is 0.128 e. The molecule has 1 aromatic rings. The number of ether oxygens (including phenoxy) is 2. The van der Waals surface area contributed by atoms with Crippen molar-refractivity contribution >= 4 is 0 Å². The molecule has 0 aliphatic carbocycles. The highest BCUT2D eigenvalue weighted by molar-refractivity contribution is 5.41. The lowest BCUT2D eigenvalue weighted by atomic mass is 9.93. The second-order valence-electron chi connectivity index (χ2n) is 5.74. The molecule has 102 valence electrons. The van der Waals surface area contributed by atoms with Crippen molar-refractivity contribution in [1.29, 1.82) is 0 Å². The Morgan fingerprint density at radius 2 is 1.94 bits per heavy atom. The average Bonchev–Trinajstić information content (AvgIpc) is 2.26. The molecule has 1 unspecified atom stereocenters. The SMILES string of the molecule is COc1ccc(C(C)O)c(OCCC(C)(C)C)c1. The summed E-state index contributed by atoms with van der Waals surface area (Å²) in [5.41, 5.74) is 1.04. The van der Waals surface area contributed by atoms with Gasteiger partial charge in [0.1, 0.15) is 11.5 Å². The van der Waals surface area contributed by atoms with Crippen molar-refractivity contribution < 1.29 is 14.6 Å². The van der Waals surface area contributed by atoms with Crippen molar-refractivity contribution in [2.45, 2.75) is 40.2 Å². The Labute approximate surface area is 110 Å². The summed E-state index contributed by atoms with van der Waals surface area (Å²) in [6, 6.07) is 5.50. The number of hydrogen-bond donors (Lipinski definition) is 1. The summed E-state index contributed by atoms with van der Waals surface area (Å²) in [5, 5.41) is 9.71. The molecule has 0 spiro atoms. The van der Waals surface area contributed by atoms with Crippen molar-refractivity contribution in [1.82, 2.24) is 0 Å². The van der Waals surface area contributed by atoms with E-state index in [-0.39, 0.29) is 5.41 Å². The number of aliphatic hydroxyl groups excluding tert-OH is 1. The highest BCUT2D eigenvalue weighted by Gasteiger charge is 2.13. The minimum Gasteiger partial charge on any atom is -0.497 e. The van der Waals surface area contributed by atoms with Crippen LogP contribution in [0, 0.1) is 5.41 Å². The molecule has 0 aliphatic heterocycles. The molecule has 0 saturated carbocycles. The van der Waals surface area contributed by atoms with E-state index in [4.69, 9.17) is 9.47 Å². The summed E-state index contributed by atoms with van der Waals surface area (Å²) in [6.45, 7) is 8.90. The second-order valence-corrected chi connectivity index (χ2v) is 5.74. The molecule has 1 atom stereocenters. The van der Waals surface area contributed by atoms with Gasteiger partial charge in [0.25, 0.3) is 0 Å². The molecule has 0 aliphatic rings. The Morgan fingerprint density at radius 3 is 2.44 bits per heavy atom. The smallest absolute Gasteiger partial charge is 0.128 e. The predicted octanol–water partition coefficient (Wildman–Crippen LogP) is 3.56. The van der Waals surface area contributed by atoms with Gasteiger partial charge < -0.3 is 14.6 Å². The van der Waals surface area contributed by atoms with Gasteiger partial charge in [-0.05, 0) is 30.9 Å². The first kappa shape index (κ1) is 14.8. The van der Waals surface area contributed by atoms with Gasteiger partial charge in [0, 0.05) is 11.6 Å². The normalized spacial score (nSPS) is 13.2. The summed E-state index contributed by atoms with van der Waals surface area (Å²) in [6.07, 6.45) is 0.421. The van der Waals surface area contributed by atoms with E-state index in [1.54, 1.807) is 14.0 Å². The zero-order chi connectivity index (χ0) is 13.8. The van der Waals surface area contributed by atoms with E-state index in [0.29, 0.717) is 12.4 Å². The van der Waals surface area contributed by atoms with Crippen LogP contribution in [-0.2, 0) is 0 Å². The van der Waals surface area contributed by atoms with Gasteiger partial charge >= 0.3 is 0 Å². The van der Waals surface area contributed by atoms with Gasteiger partial charge in [-0.1, -0.05) is 20.8 Å². The summed E-state index contributed by atoms with van der Waals surface area (Å²) in [5.74, 6) is 1.44. The number of aliphatic hydroxyl groups is 1. The van der Waals surface area contributed by atoms with E-state index >= 15 is 0 Å². The first-order valence-electron chi connectivity index (χ1n) is 6.32. The van der Waals surface area contributed by atoms with Crippen molar-refractivity contribution in [3.05, 3.63) is 23.8 Å². The Kier molecular flexibility index (Phi) is 5.03. The molecule has 1 N–H and O–H groups in total. The molecular formula is C15H24O3. The predicted molar refractivity (Wildman–Crippen MR) is 73.2 cm³/mol. The Bertz CT molecular complexity index is 378. The lowest BCUT2D eigenvalue weighted by molar-refractivity contribution is 0.186. The summed E-state index contributed by atoms with van der Waals surface area (Å²) in [4.78, 5) is 0. The van der Waals surface area contributed by atoms with E-state index < -0.39 is 6.10 Å². The Morgan fingerprint density at radius 1 is 1.28 bits per heavy atom. The molecule has 3 nitrogen and oxygen atoms in total. The third kappa shape index (κ3) is 4.57. The fourth-order valence-corrected chi connectivity index (χ4v) is 1.58. The van der Waals surface area contributed by atoms with E-state index in [1.807, 2.05) is 18.2 Å². The van der Waals surface area contributed by atoms with Crippen molar-refractivity contribution in [3.8, 4) is 11.5 Å². The number of methoxy groups -OCH3 is 1. The minimum atomic E-state index is -0.541. The average molecular weight is 252 g/mol. The fraction of sp³-hybridized carbons (Fsp3) is 0.600. The first-order valence-corrected chi connectivity index (χ1v) is 6.32. The van der Waals surface area contributed by atoms with Crippen LogP contribution in [0.25, 0.3) is 0 Å². The maximum absolute atomic E-state index is 9.71. The number of hydrogen-bond acceptors (Lipinski definition) is 3. The molecule has 1 aromatic carbocycles. The zero-order valence-corrected chi connectivity index (χ0v) is 12.0. The molecule has 0 bridgehead atoms. The van der Waals surface area contributed by atoms with Crippen LogP contribution in [0.3, 0.4) is 0 Å². The van der Waals surface area contributed by atoms with Gasteiger partial charge in [-0.2, -0.15) is 0 Å². The third-order valence-corrected chi connectivity index (χ3v) is 2.78. The number of benzene rings is 1. The van der Waals surface area contributed by atoms with Crippen molar-refractivity contribution in [3.63, 3.8) is 0 Å². The Hall–Kier alpha value is -1.22. The molecule has 1 rings (SSSR count). The van der Waals surface area contributed by atoms with E-state index in [9.17, 15) is 5.11 Å². The highest BCUT2D eigenvalue weighted by atomic mass is 16.5. The largest absolute Gasteiger partial charge is 0.497 e. The standard InChI is InChI=1S/C15H24O3/c1-11(16)13-7-6-12(17-5)10-14(13)18-9-8-15(2,3)4/h6-7,10-11,16H,8-9H2,1-5H3. The summed E-state index contributed by atoms with van der Waals surface area (Å²) in [7, 11) is 1.62. The van der Waals surface area contributed by atoms with Crippen LogP contribution in [-0.4, -0.2) is 18.8 Å². The van der Waals surface area contributed by atoms with Crippen LogP contribution in [0.1, 0.15) is 45.8 Å². The van der Waals surface area contributed by atoms with Crippen LogP contribution in [0.15, 0.2) is 18.2 Å². The molecular weight excluding hydrogens is 228 g/mol. The van der Waals surface area contributed by atoms with Gasteiger partial charge in [-0.25, -0.2) is 0 Å². The zero-order valence-electron chi connectivity index (χ0n) is 12.0. The molecule has 0 heterocycles. The van der Waals surface area contributed by atoms with Gasteiger partial charge in [-0.15, -0.1) is 0 Å². The molecule has 0 radical (unpaired) electrons. The molecule has 0 amide bonds. The Balaban J connectivity index is 2.78. The van der Waals surface area contributed by atoms with Crippen LogP contribution in [0.4, 0.5) is 0 Å². The molecule has 0 aromatic heterocycles. The topological polar surface area (TPSA) is 38.7 Å². The van der Waals surface area contributed by atoms with E-state index in [0.717, 1.165) is 17.7 Å². The second kappa shape index (κ2) is 6.10. The monoisotopic (exact) mass is 252 g/mol. The quantitative estimate of drug-likeness (QED) is 0.870. The molecule has 0 fully saturated rings. The van der Waals surface area contributed by atoms with Gasteiger partial charge in [0.05, 0.1) is 19.8 Å². The molecule has 3 heteroatoms. The maximum atomic E-state index is 9.71. The van der Waals surface area contributed by atoms with Gasteiger partial charge in [-0.3, -0.25) is 0 Å². The molecule has 18 heavy (non-hydrogen) atoms. The van der Waals surface area contributed by atoms with Gasteiger partial charge in [0.15, 0.2) is 0 Å².